The molecule has 0 radical (unpaired) electrons. The summed E-state index contributed by atoms with van der Waals surface area (Å²) in [5.41, 5.74) is 6.75. The van der Waals surface area contributed by atoms with Crippen molar-refractivity contribution in [3.05, 3.63) is 4.88 Å². The van der Waals surface area contributed by atoms with Gasteiger partial charge < -0.3 is 20.7 Å². The van der Waals surface area contributed by atoms with Gasteiger partial charge in [-0.1, -0.05) is 0 Å². The smallest absolute Gasteiger partial charge is 0.263 e. The minimum Gasteiger partial charge on any atom is -0.396 e. The predicted molar refractivity (Wildman–Crippen MR) is 86.1 cm³/mol. The Morgan fingerprint density at radius 2 is 2.30 bits per heavy atom. The quantitative estimate of drug-likeness (QED) is 0.754. The van der Waals surface area contributed by atoms with Crippen LogP contribution in [-0.4, -0.2) is 45.5 Å². The first-order valence-corrected chi connectivity index (χ1v) is 8.59. The Bertz CT molecular complexity index is 486. The van der Waals surface area contributed by atoms with Crippen molar-refractivity contribution < 1.29 is 9.53 Å². The van der Waals surface area contributed by atoms with Crippen molar-refractivity contribution in [2.45, 2.75) is 23.8 Å². The van der Waals surface area contributed by atoms with Crippen molar-refractivity contribution in [1.82, 2.24) is 5.32 Å². The number of rotatable bonds is 7. The molecule has 1 heterocycles. The van der Waals surface area contributed by atoms with E-state index >= 15 is 0 Å². The number of anilines is 2. The normalized spacial score (nSPS) is 14.3. The first kappa shape index (κ1) is 15.5. The molecule has 1 aliphatic carbocycles. The van der Waals surface area contributed by atoms with E-state index in [1.807, 2.05) is 13.3 Å². The number of carbonyl (C=O) groups excluding carboxylic acids is 1. The van der Waals surface area contributed by atoms with E-state index in [4.69, 9.17) is 10.5 Å². The standard InChI is InChI=1S/C13H21N3O2S2/c1-16(6-7-18-2)13-11(19-3)9(14)10(20-13)12(17)15-8-4-5-8/h8H,4-7,14H2,1-3H3,(H,15,17). The number of hydrogen-bond acceptors (Lipinski definition) is 6. The fourth-order valence-corrected chi connectivity index (χ4v) is 3.94. The number of likely N-dealkylation sites (N-methyl/N-ethyl adjacent to an activating group) is 1. The van der Waals surface area contributed by atoms with Crippen LogP contribution in [0.1, 0.15) is 22.5 Å². The highest BCUT2D eigenvalue weighted by Gasteiger charge is 2.28. The Morgan fingerprint density at radius 1 is 1.60 bits per heavy atom. The molecule has 5 nitrogen and oxygen atoms in total. The third-order valence-corrected chi connectivity index (χ3v) is 5.45. The van der Waals surface area contributed by atoms with Crippen molar-refractivity contribution in [1.29, 1.82) is 0 Å². The van der Waals surface area contributed by atoms with E-state index in [1.54, 1.807) is 18.9 Å². The number of nitrogens with zero attached hydrogens (tertiary/aromatic N) is 1. The number of nitrogens with two attached hydrogens (primary N) is 1. The average molecular weight is 315 g/mol. The van der Waals surface area contributed by atoms with Crippen LogP contribution in [0.4, 0.5) is 10.7 Å². The van der Waals surface area contributed by atoms with Crippen LogP contribution < -0.4 is 16.0 Å². The molecule has 3 N–H and O–H groups in total. The van der Waals surface area contributed by atoms with Crippen molar-refractivity contribution in [3.8, 4) is 0 Å². The number of thioether (sulfide) groups is 1. The second kappa shape index (κ2) is 6.69. The summed E-state index contributed by atoms with van der Waals surface area (Å²) < 4.78 is 5.10. The van der Waals surface area contributed by atoms with Crippen molar-refractivity contribution >= 4 is 39.7 Å². The predicted octanol–water partition coefficient (Wildman–Crippen LogP) is 2.03. The van der Waals surface area contributed by atoms with Crippen molar-refractivity contribution in [2.24, 2.45) is 0 Å². The first-order chi connectivity index (χ1) is 9.58. The van der Waals surface area contributed by atoms with Crippen LogP contribution in [-0.2, 0) is 4.74 Å². The van der Waals surface area contributed by atoms with Gasteiger partial charge in [0.05, 0.1) is 17.2 Å². The Hall–Kier alpha value is -0.920. The molecule has 0 bridgehead atoms. The van der Waals surface area contributed by atoms with Gasteiger partial charge in [0, 0.05) is 26.7 Å². The molecule has 1 saturated carbocycles. The van der Waals surface area contributed by atoms with E-state index in [0.29, 0.717) is 23.2 Å². The minimum absolute atomic E-state index is 0.0447. The van der Waals surface area contributed by atoms with E-state index in [-0.39, 0.29) is 5.91 Å². The maximum absolute atomic E-state index is 12.2. The van der Waals surface area contributed by atoms with Gasteiger partial charge in [0.15, 0.2) is 0 Å². The molecular weight excluding hydrogens is 294 g/mol. The molecule has 0 saturated heterocycles. The molecule has 0 aliphatic heterocycles. The first-order valence-electron chi connectivity index (χ1n) is 6.55. The fourth-order valence-electron chi connectivity index (χ4n) is 1.84. The highest BCUT2D eigenvalue weighted by molar-refractivity contribution is 7.99. The number of amides is 1. The Kier molecular flexibility index (Phi) is 5.17. The molecule has 0 spiro atoms. The monoisotopic (exact) mass is 315 g/mol. The van der Waals surface area contributed by atoms with Gasteiger partial charge in [-0.2, -0.15) is 0 Å². The minimum atomic E-state index is -0.0447. The molecule has 0 aromatic carbocycles. The van der Waals surface area contributed by atoms with Crippen molar-refractivity contribution in [2.75, 3.05) is 44.2 Å². The summed E-state index contributed by atoms with van der Waals surface area (Å²) in [7, 11) is 3.67. The Balaban J connectivity index is 2.20. The lowest BCUT2D eigenvalue weighted by Gasteiger charge is -2.18. The van der Waals surface area contributed by atoms with Gasteiger partial charge in [0.1, 0.15) is 9.88 Å². The highest BCUT2D eigenvalue weighted by atomic mass is 32.2. The lowest BCUT2D eigenvalue weighted by atomic mass is 10.3. The maximum Gasteiger partial charge on any atom is 0.263 e. The van der Waals surface area contributed by atoms with Gasteiger partial charge in [-0.05, 0) is 19.1 Å². The number of methoxy groups -OCH3 is 1. The molecule has 1 aliphatic rings. The summed E-state index contributed by atoms with van der Waals surface area (Å²) in [5, 5.41) is 4.03. The zero-order valence-electron chi connectivity index (χ0n) is 12.1. The largest absolute Gasteiger partial charge is 0.396 e. The lowest BCUT2D eigenvalue weighted by molar-refractivity contribution is 0.0956. The Morgan fingerprint density at radius 3 is 2.85 bits per heavy atom. The second-order valence-electron chi connectivity index (χ2n) is 4.85. The van der Waals surface area contributed by atoms with E-state index in [0.717, 1.165) is 29.3 Å². The van der Waals surface area contributed by atoms with Crippen LogP contribution in [0.25, 0.3) is 0 Å². The fraction of sp³-hybridized carbons (Fsp3) is 0.615. The van der Waals surface area contributed by atoms with Gasteiger partial charge in [-0.25, -0.2) is 0 Å². The summed E-state index contributed by atoms with van der Waals surface area (Å²) in [6.45, 7) is 1.42. The van der Waals surface area contributed by atoms with Gasteiger partial charge in [0.2, 0.25) is 0 Å². The van der Waals surface area contributed by atoms with E-state index < -0.39 is 0 Å². The molecule has 1 amide bonds. The lowest BCUT2D eigenvalue weighted by Crippen LogP contribution is -2.25. The summed E-state index contributed by atoms with van der Waals surface area (Å²) in [4.78, 5) is 15.9. The van der Waals surface area contributed by atoms with Gasteiger partial charge in [-0.3, -0.25) is 4.79 Å². The van der Waals surface area contributed by atoms with Gasteiger partial charge in [-0.15, -0.1) is 23.1 Å². The van der Waals surface area contributed by atoms with Gasteiger partial charge >= 0.3 is 0 Å². The van der Waals surface area contributed by atoms with E-state index in [2.05, 4.69) is 10.2 Å². The molecule has 0 atom stereocenters. The third-order valence-electron chi connectivity index (χ3n) is 3.18. The summed E-state index contributed by atoms with van der Waals surface area (Å²) in [6.07, 6.45) is 4.13. The molecular formula is C13H21N3O2S2. The highest BCUT2D eigenvalue weighted by Crippen LogP contribution is 2.43. The summed E-state index contributed by atoms with van der Waals surface area (Å²) >= 11 is 3.04. The van der Waals surface area contributed by atoms with E-state index in [1.165, 1.54) is 11.3 Å². The Labute approximate surface area is 127 Å². The molecule has 1 aromatic heterocycles. The van der Waals surface area contributed by atoms with Crippen LogP contribution in [0.5, 0.6) is 0 Å². The number of thiophene rings is 1. The molecule has 20 heavy (non-hydrogen) atoms. The number of nitrogens with one attached hydrogen (secondary N) is 1. The zero-order chi connectivity index (χ0) is 14.7. The van der Waals surface area contributed by atoms with Crippen LogP contribution >= 0.6 is 23.1 Å². The summed E-state index contributed by atoms with van der Waals surface area (Å²) in [5.74, 6) is -0.0447. The average Bonchev–Trinajstić information content (AvgIpc) is 3.17. The van der Waals surface area contributed by atoms with Crippen LogP contribution in [0.2, 0.25) is 0 Å². The second-order valence-corrected chi connectivity index (χ2v) is 6.66. The van der Waals surface area contributed by atoms with Crippen molar-refractivity contribution in [3.63, 3.8) is 0 Å². The van der Waals surface area contributed by atoms with Crippen LogP contribution in [0, 0.1) is 0 Å². The number of carbonyl (C=O) groups is 1. The van der Waals surface area contributed by atoms with E-state index in [9.17, 15) is 4.79 Å². The molecule has 1 aromatic rings. The number of hydrogen-bond donors (Lipinski definition) is 2. The molecule has 112 valence electrons. The number of nitrogen functional groups attached to an aromatic ring is 1. The topological polar surface area (TPSA) is 67.6 Å². The van der Waals surface area contributed by atoms with Gasteiger partial charge in [0.25, 0.3) is 5.91 Å². The molecule has 7 heteroatoms. The molecule has 1 fully saturated rings. The molecule has 0 unspecified atom stereocenters. The zero-order valence-corrected chi connectivity index (χ0v) is 13.7. The molecule has 2 rings (SSSR count). The SMILES string of the molecule is COCCN(C)c1sc(C(=O)NC2CC2)c(N)c1SC. The summed E-state index contributed by atoms with van der Waals surface area (Å²) in [6, 6.07) is 0.344. The maximum atomic E-state index is 12.2. The van der Waals surface area contributed by atoms with Crippen LogP contribution in [0.3, 0.4) is 0 Å². The van der Waals surface area contributed by atoms with Crippen LogP contribution in [0.15, 0.2) is 4.90 Å². The third kappa shape index (κ3) is 3.39. The number of ether oxygens (including phenoxy) is 1.